The first kappa shape index (κ1) is 19.3. The molecule has 1 aliphatic heterocycles. The number of sulfonamides is 1. The molecule has 0 radical (unpaired) electrons. The van der Waals surface area contributed by atoms with E-state index in [1.54, 1.807) is 7.11 Å². The second-order valence-corrected chi connectivity index (χ2v) is 8.07. The van der Waals surface area contributed by atoms with E-state index in [4.69, 9.17) is 4.74 Å². The molecule has 0 bridgehead atoms. The summed E-state index contributed by atoms with van der Waals surface area (Å²) in [5.74, 6) is 0.729. The maximum atomic E-state index is 12.8. The fraction of sp³-hybridized carbons (Fsp3) is 0.333. The molecule has 144 valence electrons. The Labute approximate surface area is 157 Å². The standard InChI is InChI=1S/C18H21N3O5S/c1-26-15-7-5-13(6-8-15)17-9-10-19-12-18(17)20-27(24,25)16-4-2-3-14(11-16)21(22)23/h2-8,11,17-20H,9-10,12H2,1H3. The zero-order chi connectivity index (χ0) is 19.4. The lowest BCUT2D eigenvalue weighted by Gasteiger charge is -2.33. The van der Waals surface area contributed by atoms with Crippen molar-refractivity contribution in [3.05, 3.63) is 64.2 Å². The van der Waals surface area contributed by atoms with Crippen molar-refractivity contribution in [2.24, 2.45) is 0 Å². The molecule has 0 spiro atoms. The van der Waals surface area contributed by atoms with Gasteiger partial charge in [-0.2, -0.15) is 0 Å². The summed E-state index contributed by atoms with van der Waals surface area (Å²) in [6.07, 6.45) is 0.772. The number of ether oxygens (including phenoxy) is 1. The summed E-state index contributed by atoms with van der Waals surface area (Å²) in [7, 11) is -2.30. The predicted molar refractivity (Wildman–Crippen MR) is 100 cm³/mol. The van der Waals surface area contributed by atoms with Gasteiger partial charge in [0.2, 0.25) is 10.0 Å². The van der Waals surface area contributed by atoms with Crippen molar-refractivity contribution in [2.45, 2.75) is 23.3 Å². The van der Waals surface area contributed by atoms with E-state index >= 15 is 0 Å². The molecule has 1 heterocycles. The van der Waals surface area contributed by atoms with Crippen molar-refractivity contribution >= 4 is 15.7 Å². The van der Waals surface area contributed by atoms with Gasteiger partial charge >= 0.3 is 0 Å². The van der Waals surface area contributed by atoms with Crippen LogP contribution in [0.3, 0.4) is 0 Å². The van der Waals surface area contributed by atoms with Crippen LogP contribution < -0.4 is 14.8 Å². The zero-order valence-corrected chi connectivity index (χ0v) is 15.6. The van der Waals surface area contributed by atoms with Gasteiger partial charge in [-0.3, -0.25) is 10.1 Å². The third kappa shape index (κ3) is 4.44. The Balaban J connectivity index is 1.84. The maximum Gasteiger partial charge on any atom is 0.270 e. The van der Waals surface area contributed by atoms with Gasteiger partial charge in [0.25, 0.3) is 5.69 Å². The van der Waals surface area contributed by atoms with Crippen LogP contribution in [0.5, 0.6) is 5.75 Å². The molecule has 1 saturated heterocycles. The van der Waals surface area contributed by atoms with E-state index in [1.165, 1.54) is 18.2 Å². The highest BCUT2D eigenvalue weighted by Crippen LogP contribution is 2.28. The first-order valence-electron chi connectivity index (χ1n) is 8.52. The van der Waals surface area contributed by atoms with Crippen LogP contribution in [0.2, 0.25) is 0 Å². The number of nitro groups is 1. The lowest BCUT2D eigenvalue weighted by molar-refractivity contribution is -0.385. The highest BCUT2D eigenvalue weighted by molar-refractivity contribution is 7.89. The topological polar surface area (TPSA) is 111 Å². The molecular formula is C18H21N3O5S. The van der Waals surface area contributed by atoms with Crippen molar-refractivity contribution in [3.63, 3.8) is 0 Å². The molecule has 27 heavy (non-hydrogen) atoms. The molecule has 0 aliphatic carbocycles. The molecule has 0 aromatic heterocycles. The lowest BCUT2D eigenvalue weighted by atomic mass is 9.86. The molecule has 0 saturated carbocycles. The Morgan fingerprint density at radius 1 is 1.22 bits per heavy atom. The van der Waals surface area contributed by atoms with Gasteiger partial charge in [-0.05, 0) is 36.7 Å². The van der Waals surface area contributed by atoms with E-state index in [1.807, 2.05) is 24.3 Å². The number of nitrogens with one attached hydrogen (secondary N) is 2. The van der Waals surface area contributed by atoms with Crippen LogP contribution in [-0.2, 0) is 10.0 Å². The molecule has 8 nitrogen and oxygen atoms in total. The average molecular weight is 391 g/mol. The molecule has 2 N–H and O–H groups in total. The van der Waals surface area contributed by atoms with Gasteiger partial charge in [0, 0.05) is 30.6 Å². The summed E-state index contributed by atoms with van der Waals surface area (Å²) in [6.45, 7) is 1.26. The number of benzene rings is 2. The van der Waals surface area contributed by atoms with Gasteiger partial charge in [0.1, 0.15) is 5.75 Å². The SMILES string of the molecule is COc1ccc(C2CCNCC2NS(=O)(=O)c2cccc([N+](=O)[O-])c2)cc1. The van der Waals surface area contributed by atoms with Gasteiger partial charge in [0.05, 0.1) is 16.9 Å². The lowest BCUT2D eigenvalue weighted by Crippen LogP contribution is -2.49. The Kier molecular flexibility index (Phi) is 5.73. The third-order valence-electron chi connectivity index (χ3n) is 4.67. The summed E-state index contributed by atoms with van der Waals surface area (Å²) in [4.78, 5) is 10.2. The highest BCUT2D eigenvalue weighted by atomic mass is 32.2. The minimum absolute atomic E-state index is 0.00868. The first-order valence-corrected chi connectivity index (χ1v) is 10.0. The summed E-state index contributed by atoms with van der Waals surface area (Å²) in [5.41, 5.74) is 0.760. The van der Waals surface area contributed by atoms with E-state index in [2.05, 4.69) is 10.0 Å². The van der Waals surface area contributed by atoms with Crippen LogP contribution >= 0.6 is 0 Å². The van der Waals surface area contributed by atoms with Crippen LogP contribution in [0.15, 0.2) is 53.4 Å². The smallest absolute Gasteiger partial charge is 0.270 e. The van der Waals surface area contributed by atoms with Crippen LogP contribution in [0.1, 0.15) is 17.9 Å². The van der Waals surface area contributed by atoms with Crippen molar-refractivity contribution in [1.29, 1.82) is 0 Å². The number of nitro benzene ring substituents is 1. The molecule has 1 fully saturated rings. The molecule has 2 aromatic rings. The quantitative estimate of drug-likeness (QED) is 0.576. The predicted octanol–water partition coefficient (Wildman–Crippen LogP) is 2.03. The minimum atomic E-state index is -3.89. The summed E-state index contributed by atoms with van der Waals surface area (Å²) < 4.78 is 33.4. The van der Waals surface area contributed by atoms with Gasteiger partial charge < -0.3 is 10.1 Å². The fourth-order valence-corrected chi connectivity index (χ4v) is 4.58. The van der Waals surface area contributed by atoms with Gasteiger partial charge in [-0.25, -0.2) is 13.1 Å². The van der Waals surface area contributed by atoms with E-state index < -0.39 is 14.9 Å². The van der Waals surface area contributed by atoms with E-state index in [-0.39, 0.29) is 22.5 Å². The molecule has 0 amide bonds. The van der Waals surface area contributed by atoms with E-state index in [9.17, 15) is 18.5 Å². The molecular weight excluding hydrogens is 370 g/mol. The maximum absolute atomic E-state index is 12.8. The molecule has 2 atom stereocenters. The van der Waals surface area contributed by atoms with Crippen LogP contribution in [0.4, 0.5) is 5.69 Å². The second kappa shape index (κ2) is 8.03. The van der Waals surface area contributed by atoms with Gasteiger partial charge in [-0.1, -0.05) is 18.2 Å². The highest BCUT2D eigenvalue weighted by Gasteiger charge is 2.31. The summed E-state index contributed by atoms with van der Waals surface area (Å²) in [6, 6.07) is 12.3. The monoisotopic (exact) mass is 391 g/mol. The molecule has 3 rings (SSSR count). The Morgan fingerprint density at radius 3 is 2.63 bits per heavy atom. The van der Waals surface area contributed by atoms with Gasteiger partial charge in [0.15, 0.2) is 0 Å². The van der Waals surface area contributed by atoms with E-state index in [0.717, 1.165) is 30.3 Å². The minimum Gasteiger partial charge on any atom is -0.497 e. The second-order valence-electron chi connectivity index (χ2n) is 6.35. The van der Waals surface area contributed by atoms with Crippen molar-refractivity contribution in [1.82, 2.24) is 10.0 Å². The molecule has 9 heteroatoms. The number of piperidine rings is 1. The largest absolute Gasteiger partial charge is 0.497 e. The number of hydrogen-bond donors (Lipinski definition) is 2. The fourth-order valence-electron chi connectivity index (χ4n) is 3.26. The van der Waals surface area contributed by atoms with Crippen molar-refractivity contribution in [2.75, 3.05) is 20.2 Å². The number of nitrogens with zero attached hydrogens (tertiary/aromatic N) is 1. The van der Waals surface area contributed by atoms with Crippen LogP contribution in [-0.4, -0.2) is 39.6 Å². The summed E-state index contributed by atoms with van der Waals surface area (Å²) >= 11 is 0. The molecule has 1 aliphatic rings. The van der Waals surface area contributed by atoms with Crippen molar-refractivity contribution < 1.29 is 18.1 Å². The number of hydrogen-bond acceptors (Lipinski definition) is 6. The normalized spacial score (nSPS) is 20.2. The average Bonchev–Trinajstić information content (AvgIpc) is 2.68. The molecule has 2 unspecified atom stereocenters. The van der Waals surface area contributed by atoms with Gasteiger partial charge in [-0.15, -0.1) is 0 Å². The third-order valence-corrected chi connectivity index (χ3v) is 6.16. The zero-order valence-electron chi connectivity index (χ0n) is 14.8. The Hall–Kier alpha value is -2.49. The first-order chi connectivity index (χ1) is 12.9. The number of non-ortho nitro benzene ring substituents is 1. The number of methoxy groups -OCH3 is 1. The van der Waals surface area contributed by atoms with Crippen LogP contribution in [0, 0.1) is 10.1 Å². The molecule has 2 aromatic carbocycles. The summed E-state index contributed by atoms with van der Waals surface area (Å²) in [5, 5.41) is 14.1. The van der Waals surface area contributed by atoms with Crippen LogP contribution in [0.25, 0.3) is 0 Å². The number of rotatable bonds is 6. The Morgan fingerprint density at radius 2 is 1.96 bits per heavy atom. The van der Waals surface area contributed by atoms with Crippen molar-refractivity contribution in [3.8, 4) is 5.75 Å². The Bertz CT molecular complexity index is 915. The van der Waals surface area contributed by atoms with E-state index in [0.29, 0.717) is 6.54 Å².